The van der Waals surface area contributed by atoms with E-state index >= 15 is 0 Å². The molecule has 0 unspecified atom stereocenters. The maximum Gasteiger partial charge on any atom is 0.295 e. The second-order valence-electron chi connectivity index (χ2n) is 8.61. The van der Waals surface area contributed by atoms with Crippen molar-refractivity contribution >= 4 is 23.1 Å². The summed E-state index contributed by atoms with van der Waals surface area (Å²) in [5.41, 5.74) is 0.579. The number of halogens is 1. The number of benzene rings is 2. The highest BCUT2D eigenvalue weighted by Crippen LogP contribution is 2.40. The highest BCUT2D eigenvalue weighted by Gasteiger charge is 2.46. The van der Waals surface area contributed by atoms with E-state index in [1.165, 1.54) is 41.3 Å². The number of morpholine rings is 1. The fourth-order valence-corrected chi connectivity index (χ4v) is 4.42. The predicted octanol–water partition coefficient (Wildman–Crippen LogP) is 3.19. The Morgan fingerprint density at radius 3 is 2.46 bits per heavy atom. The van der Waals surface area contributed by atoms with Gasteiger partial charge in [0.15, 0.2) is 0 Å². The summed E-state index contributed by atoms with van der Waals surface area (Å²) in [6.45, 7) is 5.35. The molecule has 2 aliphatic rings. The molecule has 35 heavy (non-hydrogen) atoms. The van der Waals surface area contributed by atoms with E-state index in [9.17, 15) is 29.2 Å². The summed E-state index contributed by atoms with van der Waals surface area (Å²) in [7, 11) is 0. The zero-order chi connectivity index (χ0) is 25.1. The van der Waals surface area contributed by atoms with Crippen LogP contribution in [-0.2, 0) is 14.3 Å². The van der Waals surface area contributed by atoms with Crippen molar-refractivity contribution < 1.29 is 28.7 Å². The van der Waals surface area contributed by atoms with Crippen molar-refractivity contribution in [3.8, 4) is 0 Å². The number of aliphatic hydroxyl groups excluding tert-OH is 1. The van der Waals surface area contributed by atoms with Crippen LogP contribution < -0.4 is 0 Å². The number of non-ortho nitro benzene ring substituents is 1. The minimum absolute atomic E-state index is 0.0753. The lowest BCUT2D eigenvalue weighted by Gasteiger charge is -2.29. The lowest BCUT2D eigenvalue weighted by atomic mass is 9.94. The van der Waals surface area contributed by atoms with E-state index < -0.39 is 34.2 Å². The van der Waals surface area contributed by atoms with Crippen molar-refractivity contribution in [2.24, 2.45) is 0 Å². The van der Waals surface area contributed by atoms with Gasteiger partial charge >= 0.3 is 0 Å². The fourth-order valence-electron chi connectivity index (χ4n) is 4.42. The Kier molecular flexibility index (Phi) is 7.23. The summed E-state index contributed by atoms with van der Waals surface area (Å²) in [6, 6.07) is 8.62. The van der Waals surface area contributed by atoms with E-state index in [0.717, 1.165) is 19.2 Å². The lowest BCUT2D eigenvalue weighted by molar-refractivity contribution is -0.384. The average Bonchev–Trinajstić information content (AvgIpc) is 3.11. The van der Waals surface area contributed by atoms with E-state index in [-0.39, 0.29) is 23.4 Å². The van der Waals surface area contributed by atoms with E-state index in [2.05, 4.69) is 4.90 Å². The Hall–Kier alpha value is -3.63. The standard InChI is InChI=1S/C25H26FN3O6/c1-16-3-4-18(15-20(16)26)23(30)21-22(17-5-7-19(8-6-17)29(33)34)28(25(32)24(21)31)10-2-9-27-11-13-35-14-12-27/h3-8,15,22,30H,2,9-14H2,1H3/t22-/m1/s1. The number of hydrogen-bond donors (Lipinski definition) is 1. The van der Waals surface area contributed by atoms with Gasteiger partial charge in [-0.05, 0) is 42.7 Å². The van der Waals surface area contributed by atoms with E-state index in [1.807, 2.05) is 0 Å². The molecular weight excluding hydrogens is 457 g/mol. The molecule has 184 valence electrons. The number of nitro groups is 1. The summed E-state index contributed by atoms with van der Waals surface area (Å²) in [5, 5.41) is 22.1. The minimum atomic E-state index is -0.954. The molecule has 0 aliphatic carbocycles. The number of ketones is 1. The van der Waals surface area contributed by atoms with Gasteiger partial charge in [0.2, 0.25) is 0 Å². The number of carbonyl (C=O) groups is 2. The smallest absolute Gasteiger partial charge is 0.295 e. The lowest BCUT2D eigenvalue weighted by Crippen LogP contribution is -2.38. The van der Waals surface area contributed by atoms with Gasteiger partial charge in [-0.1, -0.05) is 12.1 Å². The fraction of sp³-hybridized carbons (Fsp3) is 0.360. The molecule has 0 radical (unpaired) electrons. The first-order valence-electron chi connectivity index (χ1n) is 11.4. The molecule has 2 aromatic rings. The van der Waals surface area contributed by atoms with Crippen molar-refractivity contribution in [1.82, 2.24) is 9.80 Å². The van der Waals surface area contributed by atoms with Crippen molar-refractivity contribution in [1.29, 1.82) is 0 Å². The molecule has 2 heterocycles. The Labute approximate surface area is 201 Å². The second-order valence-corrected chi connectivity index (χ2v) is 8.61. The van der Waals surface area contributed by atoms with Crippen LogP contribution in [0.15, 0.2) is 48.0 Å². The van der Waals surface area contributed by atoms with Crippen LogP contribution in [-0.4, -0.2) is 70.9 Å². The number of likely N-dealkylation sites (tertiary alicyclic amines) is 1. The summed E-state index contributed by atoms with van der Waals surface area (Å²) in [4.78, 5) is 40.2. The van der Waals surface area contributed by atoms with Crippen LogP contribution in [0.4, 0.5) is 10.1 Å². The number of nitro benzene ring substituents is 1. The van der Waals surface area contributed by atoms with Crippen LogP contribution in [0.5, 0.6) is 0 Å². The minimum Gasteiger partial charge on any atom is -0.507 e. The van der Waals surface area contributed by atoms with E-state index in [4.69, 9.17) is 4.74 Å². The number of amides is 1. The number of Topliss-reactive ketones (excluding diaryl/α,β-unsaturated/α-hetero) is 1. The Morgan fingerprint density at radius 2 is 1.83 bits per heavy atom. The topological polar surface area (TPSA) is 113 Å². The van der Waals surface area contributed by atoms with Gasteiger partial charge in [-0.3, -0.25) is 24.6 Å². The number of rotatable bonds is 7. The Morgan fingerprint density at radius 1 is 1.14 bits per heavy atom. The quantitative estimate of drug-likeness (QED) is 0.212. The summed E-state index contributed by atoms with van der Waals surface area (Å²) in [5.74, 6) is -2.69. The molecule has 4 rings (SSSR count). The SMILES string of the molecule is Cc1ccc(C(O)=C2C(=O)C(=O)N(CCCN3CCOCC3)[C@@H]2c2ccc([N+](=O)[O-])cc2)cc1F. The molecule has 2 aromatic carbocycles. The molecule has 0 aromatic heterocycles. The van der Waals surface area contributed by atoms with Crippen LogP contribution >= 0.6 is 0 Å². The normalized spacial score (nSPS) is 20.4. The molecule has 9 nitrogen and oxygen atoms in total. The number of nitrogens with zero attached hydrogens (tertiary/aromatic N) is 3. The first-order chi connectivity index (χ1) is 16.8. The third-order valence-electron chi connectivity index (χ3n) is 6.38. The van der Waals surface area contributed by atoms with Crippen molar-refractivity contribution in [3.05, 3.63) is 80.7 Å². The number of hydrogen-bond acceptors (Lipinski definition) is 7. The zero-order valence-electron chi connectivity index (χ0n) is 19.3. The van der Waals surface area contributed by atoms with E-state index in [1.54, 1.807) is 6.92 Å². The molecule has 10 heteroatoms. The van der Waals surface area contributed by atoms with Crippen LogP contribution in [0.3, 0.4) is 0 Å². The largest absolute Gasteiger partial charge is 0.507 e. The van der Waals surface area contributed by atoms with Crippen LogP contribution in [0, 0.1) is 22.9 Å². The maximum atomic E-state index is 14.2. The van der Waals surface area contributed by atoms with E-state index in [0.29, 0.717) is 37.3 Å². The highest BCUT2D eigenvalue weighted by molar-refractivity contribution is 6.46. The van der Waals surface area contributed by atoms with Crippen molar-refractivity contribution in [3.63, 3.8) is 0 Å². The molecule has 0 bridgehead atoms. The molecule has 2 fully saturated rings. The predicted molar refractivity (Wildman–Crippen MR) is 125 cm³/mol. The van der Waals surface area contributed by atoms with Crippen LogP contribution in [0.25, 0.3) is 5.76 Å². The average molecular weight is 483 g/mol. The monoisotopic (exact) mass is 483 g/mol. The molecule has 2 aliphatic heterocycles. The molecular formula is C25H26FN3O6. The van der Waals surface area contributed by atoms with Gasteiger partial charge in [-0.25, -0.2) is 4.39 Å². The summed E-state index contributed by atoms with van der Waals surface area (Å²) in [6.07, 6.45) is 0.579. The molecule has 0 spiro atoms. The van der Waals surface area contributed by atoms with Crippen molar-refractivity contribution in [2.75, 3.05) is 39.4 Å². The second kappa shape index (κ2) is 10.3. The highest BCUT2D eigenvalue weighted by atomic mass is 19.1. The maximum absolute atomic E-state index is 14.2. The van der Waals surface area contributed by atoms with Crippen LogP contribution in [0.1, 0.15) is 29.2 Å². The number of ether oxygens (including phenoxy) is 1. The summed E-state index contributed by atoms with van der Waals surface area (Å²) < 4.78 is 19.5. The van der Waals surface area contributed by atoms with Crippen molar-refractivity contribution in [2.45, 2.75) is 19.4 Å². The number of aliphatic hydroxyl groups is 1. The first kappa shape index (κ1) is 24.5. The molecule has 1 amide bonds. The van der Waals surface area contributed by atoms with Gasteiger partial charge in [-0.15, -0.1) is 0 Å². The van der Waals surface area contributed by atoms with Gasteiger partial charge < -0.3 is 14.7 Å². The molecule has 1 N–H and O–H groups in total. The third-order valence-corrected chi connectivity index (χ3v) is 6.38. The van der Waals surface area contributed by atoms with Gasteiger partial charge in [0.05, 0.1) is 29.8 Å². The third kappa shape index (κ3) is 5.08. The van der Waals surface area contributed by atoms with Gasteiger partial charge in [0, 0.05) is 43.9 Å². The van der Waals surface area contributed by atoms with Crippen LogP contribution in [0.2, 0.25) is 0 Å². The Bertz CT molecular complexity index is 1170. The van der Waals surface area contributed by atoms with Gasteiger partial charge in [0.1, 0.15) is 11.6 Å². The first-order valence-corrected chi connectivity index (χ1v) is 11.4. The number of carbonyl (C=O) groups excluding carboxylic acids is 2. The Balaban J connectivity index is 1.70. The zero-order valence-corrected chi connectivity index (χ0v) is 19.3. The van der Waals surface area contributed by atoms with Gasteiger partial charge in [-0.2, -0.15) is 0 Å². The summed E-state index contributed by atoms with van der Waals surface area (Å²) >= 11 is 0. The molecule has 0 saturated carbocycles. The number of aryl methyl sites for hydroxylation is 1. The van der Waals surface area contributed by atoms with Gasteiger partial charge in [0.25, 0.3) is 17.4 Å². The molecule has 2 saturated heterocycles. The molecule has 1 atom stereocenters.